The minimum absolute atomic E-state index is 0.101. The molecular formula is C18H22O5S. The summed E-state index contributed by atoms with van der Waals surface area (Å²) in [6.45, 7) is 0. The van der Waals surface area contributed by atoms with Gasteiger partial charge in [-0.15, -0.1) is 11.3 Å². The second-order valence-electron chi connectivity index (χ2n) is 6.81. The van der Waals surface area contributed by atoms with Crippen molar-refractivity contribution in [2.24, 2.45) is 11.3 Å². The number of fused-ring (bicyclic) bond motifs is 1. The number of carboxylic acids is 1. The van der Waals surface area contributed by atoms with Gasteiger partial charge in [0.05, 0.1) is 12.0 Å². The number of ether oxygens (including phenoxy) is 1. The second-order valence-corrected chi connectivity index (χ2v) is 7.95. The van der Waals surface area contributed by atoms with Gasteiger partial charge in [-0.25, -0.2) is 0 Å². The predicted molar refractivity (Wildman–Crippen MR) is 89.3 cm³/mol. The largest absolute Gasteiger partial charge is 0.480 e. The molecule has 1 heterocycles. The van der Waals surface area contributed by atoms with Crippen molar-refractivity contribution in [2.45, 2.75) is 51.4 Å². The number of rotatable bonds is 4. The standard InChI is InChI=1S/C18H22O5S/c1-23-17(22)18(16(20)21)8-7-13-12(10-18)9-14(24-13)15(19)11-5-3-2-4-6-11/h9,11H,2-8,10H2,1H3,(H,20,21). The van der Waals surface area contributed by atoms with Crippen molar-refractivity contribution in [3.8, 4) is 0 Å². The third-order valence-corrected chi connectivity index (χ3v) is 6.62. The maximum Gasteiger partial charge on any atom is 0.323 e. The van der Waals surface area contributed by atoms with Crippen molar-refractivity contribution in [1.82, 2.24) is 0 Å². The number of thiophene rings is 1. The van der Waals surface area contributed by atoms with E-state index in [2.05, 4.69) is 0 Å². The van der Waals surface area contributed by atoms with E-state index in [0.29, 0.717) is 6.42 Å². The molecule has 0 amide bonds. The van der Waals surface area contributed by atoms with Crippen molar-refractivity contribution in [1.29, 1.82) is 0 Å². The molecule has 2 aliphatic rings. The summed E-state index contributed by atoms with van der Waals surface area (Å²) in [5.74, 6) is -1.56. The second kappa shape index (κ2) is 6.67. The summed E-state index contributed by atoms with van der Waals surface area (Å²) < 4.78 is 4.74. The quantitative estimate of drug-likeness (QED) is 0.512. The highest BCUT2D eigenvalue weighted by molar-refractivity contribution is 7.14. The Hall–Kier alpha value is -1.69. The molecule has 0 aromatic carbocycles. The van der Waals surface area contributed by atoms with E-state index < -0.39 is 17.4 Å². The molecule has 1 aromatic rings. The average Bonchev–Trinajstić information content (AvgIpc) is 3.03. The van der Waals surface area contributed by atoms with E-state index in [0.717, 1.165) is 41.0 Å². The first-order valence-corrected chi connectivity index (χ1v) is 9.27. The molecule has 0 saturated heterocycles. The van der Waals surface area contributed by atoms with Gasteiger partial charge in [-0.2, -0.15) is 0 Å². The fourth-order valence-electron chi connectivity index (χ4n) is 3.89. The summed E-state index contributed by atoms with van der Waals surface area (Å²) in [5, 5.41) is 9.57. The van der Waals surface area contributed by atoms with E-state index >= 15 is 0 Å². The van der Waals surface area contributed by atoms with E-state index in [1.807, 2.05) is 6.07 Å². The molecule has 0 aliphatic heterocycles. The fourth-order valence-corrected chi connectivity index (χ4v) is 5.10. The third-order valence-electron chi connectivity index (χ3n) is 5.37. The van der Waals surface area contributed by atoms with Gasteiger partial charge >= 0.3 is 11.9 Å². The van der Waals surface area contributed by atoms with E-state index in [1.165, 1.54) is 24.9 Å². The molecule has 6 heteroatoms. The number of ketones is 1. The zero-order valence-electron chi connectivity index (χ0n) is 13.8. The lowest BCUT2D eigenvalue weighted by atomic mass is 9.73. The van der Waals surface area contributed by atoms with Crippen LogP contribution in [-0.4, -0.2) is 29.9 Å². The highest BCUT2D eigenvalue weighted by atomic mass is 32.1. The first-order valence-electron chi connectivity index (χ1n) is 8.45. The van der Waals surface area contributed by atoms with Crippen molar-refractivity contribution in [3.05, 3.63) is 21.4 Å². The molecule has 1 unspecified atom stereocenters. The molecule has 24 heavy (non-hydrogen) atoms. The molecule has 1 atom stereocenters. The van der Waals surface area contributed by atoms with Gasteiger partial charge in [0, 0.05) is 17.2 Å². The van der Waals surface area contributed by atoms with Gasteiger partial charge in [-0.05, 0) is 37.3 Å². The zero-order chi connectivity index (χ0) is 17.3. The number of aliphatic carboxylic acids is 1. The molecular weight excluding hydrogens is 328 g/mol. The smallest absolute Gasteiger partial charge is 0.323 e. The van der Waals surface area contributed by atoms with E-state index in [-0.39, 0.29) is 24.5 Å². The van der Waals surface area contributed by atoms with Crippen LogP contribution in [0.3, 0.4) is 0 Å². The van der Waals surface area contributed by atoms with Crippen LogP contribution in [0.4, 0.5) is 0 Å². The monoisotopic (exact) mass is 350 g/mol. The number of methoxy groups -OCH3 is 1. The lowest BCUT2D eigenvalue weighted by Gasteiger charge is -2.30. The van der Waals surface area contributed by atoms with Crippen LogP contribution in [0.5, 0.6) is 0 Å². The van der Waals surface area contributed by atoms with Crippen LogP contribution in [0.2, 0.25) is 0 Å². The van der Waals surface area contributed by atoms with E-state index in [9.17, 15) is 19.5 Å². The van der Waals surface area contributed by atoms with Crippen LogP contribution in [0.15, 0.2) is 6.07 Å². The van der Waals surface area contributed by atoms with Crippen LogP contribution in [0.25, 0.3) is 0 Å². The van der Waals surface area contributed by atoms with Crippen LogP contribution in [0, 0.1) is 11.3 Å². The number of hydrogen-bond donors (Lipinski definition) is 1. The number of carboxylic acid groups (broad SMARTS) is 1. The maximum atomic E-state index is 12.7. The number of esters is 1. The van der Waals surface area contributed by atoms with Gasteiger partial charge in [-0.1, -0.05) is 19.3 Å². The molecule has 0 spiro atoms. The zero-order valence-corrected chi connectivity index (χ0v) is 14.6. The van der Waals surface area contributed by atoms with Gasteiger partial charge in [0.1, 0.15) is 0 Å². The van der Waals surface area contributed by atoms with Gasteiger partial charge in [0.25, 0.3) is 0 Å². The van der Waals surface area contributed by atoms with Gasteiger partial charge < -0.3 is 9.84 Å². The molecule has 2 aliphatic carbocycles. The van der Waals surface area contributed by atoms with Gasteiger partial charge in [-0.3, -0.25) is 14.4 Å². The van der Waals surface area contributed by atoms with Crippen molar-refractivity contribution < 1.29 is 24.2 Å². The van der Waals surface area contributed by atoms with Crippen molar-refractivity contribution in [3.63, 3.8) is 0 Å². The number of hydrogen-bond acceptors (Lipinski definition) is 5. The topological polar surface area (TPSA) is 80.7 Å². The van der Waals surface area contributed by atoms with Crippen molar-refractivity contribution in [2.75, 3.05) is 7.11 Å². The van der Waals surface area contributed by atoms with Crippen LogP contribution < -0.4 is 0 Å². The summed E-state index contributed by atoms with van der Waals surface area (Å²) in [4.78, 5) is 38.2. The number of carbonyl (C=O) groups excluding carboxylic acids is 2. The summed E-state index contributed by atoms with van der Waals surface area (Å²) in [6.07, 6.45) is 6.13. The predicted octanol–water partition coefficient (Wildman–Crippen LogP) is 3.24. The van der Waals surface area contributed by atoms with Crippen LogP contribution >= 0.6 is 11.3 Å². The number of Topliss-reactive ketones (excluding diaryl/α,β-unsaturated/α-hetero) is 1. The summed E-state index contributed by atoms with van der Waals surface area (Å²) in [7, 11) is 1.22. The number of aryl methyl sites for hydroxylation is 1. The highest BCUT2D eigenvalue weighted by Crippen LogP contribution is 2.41. The van der Waals surface area contributed by atoms with E-state index in [4.69, 9.17) is 4.74 Å². The molecule has 3 rings (SSSR count). The third kappa shape index (κ3) is 2.88. The summed E-state index contributed by atoms with van der Waals surface area (Å²) >= 11 is 1.47. The Morgan fingerprint density at radius 2 is 1.96 bits per heavy atom. The Balaban J connectivity index is 1.85. The molecule has 5 nitrogen and oxygen atoms in total. The van der Waals surface area contributed by atoms with Crippen molar-refractivity contribution >= 4 is 29.1 Å². The Morgan fingerprint density at radius 1 is 1.25 bits per heavy atom. The van der Waals surface area contributed by atoms with Crippen LogP contribution in [0.1, 0.15) is 58.6 Å². The molecule has 1 aromatic heterocycles. The Bertz CT molecular complexity index is 671. The highest BCUT2D eigenvalue weighted by Gasteiger charge is 2.50. The van der Waals surface area contributed by atoms with E-state index in [1.54, 1.807) is 0 Å². The first-order chi connectivity index (χ1) is 11.5. The maximum absolute atomic E-state index is 12.7. The van der Waals surface area contributed by atoms with Gasteiger partial charge in [0.2, 0.25) is 0 Å². The Kier molecular flexibility index (Phi) is 4.76. The SMILES string of the molecule is COC(=O)C1(C(=O)O)CCc2sc(C(=O)C3CCCCC3)cc2C1. The Morgan fingerprint density at radius 3 is 2.58 bits per heavy atom. The molecule has 1 fully saturated rings. The summed E-state index contributed by atoms with van der Waals surface area (Å²) in [5.41, 5.74) is -0.702. The minimum atomic E-state index is -1.52. The molecule has 1 saturated carbocycles. The first kappa shape index (κ1) is 17.1. The molecule has 0 radical (unpaired) electrons. The normalized spacial score (nSPS) is 24.2. The molecule has 130 valence electrons. The molecule has 1 N–H and O–H groups in total. The van der Waals surface area contributed by atoms with Gasteiger partial charge in [0.15, 0.2) is 11.2 Å². The minimum Gasteiger partial charge on any atom is -0.480 e. The molecule has 0 bridgehead atoms. The Labute approximate surface area is 145 Å². The number of carbonyl (C=O) groups is 3. The lowest BCUT2D eigenvalue weighted by molar-refractivity contribution is -0.167. The fraction of sp³-hybridized carbons (Fsp3) is 0.611. The average molecular weight is 350 g/mol. The van der Waals surface area contributed by atoms with Crippen LogP contribution in [-0.2, 0) is 27.2 Å². The lowest BCUT2D eigenvalue weighted by Crippen LogP contribution is -2.44. The summed E-state index contributed by atoms with van der Waals surface area (Å²) in [6, 6.07) is 1.82.